The van der Waals surface area contributed by atoms with Gasteiger partial charge < -0.3 is 20.5 Å². The molecule has 0 saturated heterocycles. The topological polar surface area (TPSA) is 70.6 Å². The number of hydrogen-bond donors (Lipinski definition) is 3. The maximum absolute atomic E-state index is 11.8. The number of ether oxygens (including phenoxy) is 1. The minimum atomic E-state index is -0.480. The van der Waals surface area contributed by atoms with Crippen molar-refractivity contribution in [2.45, 2.75) is 70.9 Å². The van der Waals surface area contributed by atoms with Crippen LogP contribution in [-0.4, -0.2) is 35.9 Å². The maximum Gasteiger partial charge on any atom is 0.407 e. The van der Waals surface area contributed by atoms with Crippen LogP contribution >= 0.6 is 0 Å². The van der Waals surface area contributed by atoms with Crippen LogP contribution in [0.15, 0.2) is 18.2 Å². The Kier molecular flexibility index (Phi) is 5.44. The molecule has 4 atom stereocenters. The fourth-order valence-electron chi connectivity index (χ4n) is 4.93. The quantitative estimate of drug-likeness (QED) is 0.702. The van der Waals surface area contributed by atoms with Gasteiger partial charge in [-0.2, -0.15) is 0 Å². The molecular formula is C22H34N2O3. The molecule has 0 heterocycles. The zero-order chi connectivity index (χ0) is 19.8. The average molecular weight is 375 g/mol. The van der Waals surface area contributed by atoms with Crippen molar-refractivity contribution >= 4 is 6.09 Å². The van der Waals surface area contributed by atoms with Gasteiger partial charge in [0, 0.05) is 24.5 Å². The van der Waals surface area contributed by atoms with Gasteiger partial charge in [0.2, 0.25) is 0 Å². The molecule has 1 aromatic carbocycles. The number of fused-ring (bicyclic) bond motifs is 4. The second-order valence-electron chi connectivity index (χ2n) is 9.50. The van der Waals surface area contributed by atoms with Crippen LogP contribution in [0.25, 0.3) is 0 Å². The molecule has 3 rings (SSSR count). The standard InChI is InChI=1S/C22H34N2O3/c1-14-8-9-22(5)18-13-16(25)7-6-15(18)12-17(14)19(22)23-10-11-24-20(26)27-21(2,3)4/h6-7,13-14,17,19,23,25H,8-12H2,1-5H3,(H,24,26). The minimum Gasteiger partial charge on any atom is -0.508 e. The van der Waals surface area contributed by atoms with Crippen molar-refractivity contribution in [3.05, 3.63) is 29.3 Å². The molecule has 2 aliphatic carbocycles. The van der Waals surface area contributed by atoms with Crippen LogP contribution in [0.3, 0.4) is 0 Å². The van der Waals surface area contributed by atoms with Crippen molar-refractivity contribution in [2.24, 2.45) is 11.8 Å². The fourth-order valence-corrected chi connectivity index (χ4v) is 4.93. The van der Waals surface area contributed by atoms with E-state index in [9.17, 15) is 9.90 Å². The lowest BCUT2D eigenvalue weighted by atomic mass is 9.54. The molecule has 5 nitrogen and oxygen atoms in total. The Morgan fingerprint density at radius 1 is 1.33 bits per heavy atom. The van der Waals surface area contributed by atoms with E-state index in [1.807, 2.05) is 26.8 Å². The van der Waals surface area contributed by atoms with Crippen molar-refractivity contribution in [2.75, 3.05) is 13.1 Å². The molecular weight excluding hydrogens is 340 g/mol. The summed E-state index contributed by atoms with van der Waals surface area (Å²) in [6.07, 6.45) is 3.00. The molecule has 1 aromatic rings. The van der Waals surface area contributed by atoms with E-state index in [1.165, 1.54) is 17.5 Å². The van der Waals surface area contributed by atoms with E-state index in [0.29, 0.717) is 36.7 Å². The summed E-state index contributed by atoms with van der Waals surface area (Å²) in [5.74, 6) is 1.58. The lowest BCUT2D eigenvalue weighted by Crippen LogP contribution is -2.60. The smallest absolute Gasteiger partial charge is 0.407 e. The lowest BCUT2D eigenvalue weighted by Gasteiger charge is -2.54. The van der Waals surface area contributed by atoms with E-state index in [2.05, 4.69) is 30.5 Å². The molecule has 0 spiro atoms. The molecule has 4 unspecified atom stereocenters. The summed E-state index contributed by atoms with van der Waals surface area (Å²) in [5, 5.41) is 16.6. The first-order valence-electron chi connectivity index (χ1n) is 10.1. The van der Waals surface area contributed by atoms with Gasteiger partial charge in [-0.1, -0.05) is 19.9 Å². The third-order valence-corrected chi connectivity index (χ3v) is 6.29. The molecule has 1 fully saturated rings. The van der Waals surface area contributed by atoms with Gasteiger partial charge >= 0.3 is 6.09 Å². The summed E-state index contributed by atoms with van der Waals surface area (Å²) in [6.45, 7) is 11.5. The number of carbonyl (C=O) groups is 1. The first kappa shape index (κ1) is 20.0. The van der Waals surface area contributed by atoms with Crippen molar-refractivity contribution in [3.8, 4) is 5.75 Å². The number of benzene rings is 1. The van der Waals surface area contributed by atoms with Crippen LogP contribution in [0.1, 0.15) is 58.6 Å². The van der Waals surface area contributed by atoms with Gasteiger partial charge in [0.25, 0.3) is 0 Å². The molecule has 0 aliphatic heterocycles. The normalized spacial score (nSPS) is 29.7. The van der Waals surface area contributed by atoms with Crippen molar-refractivity contribution in [1.82, 2.24) is 10.6 Å². The predicted molar refractivity (Wildman–Crippen MR) is 107 cm³/mol. The number of phenols is 1. The minimum absolute atomic E-state index is 0.00934. The van der Waals surface area contributed by atoms with E-state index in [4.69, 9.17) is 4.74 Å². The van der Waals surface area contributed by atoms with Crippen LogP contribution in [-0.2, 0) is 16.6 Å². The zero-order valence-electron chi connectivity index (χ0n) is 17.3. The molecule has 0 aromatic heterocycles. The first-order valence-corrected chi connectivity index (χ1v) is 10.1. The fraction of sp³-hybridized carbons (Fsp3) is 0.682. The van der Waals surface area contributed by atoms with E-state index in [1.54, 1.807) is 6.07 Å². The summed E-state index contributed by atoms with van der Waals surface area (Å²) in [7, 11) is 0. The van der Waals surface area contributed by atoms with Gasteiger partial charge in [0.1, 0.15) is 11.4 Å². The monoisotopic (exact) mass is 374 g/mol. The lowest BCUT2D eigenvalue weighted by molar-refractivity contribution is 0.0522. The number of hydrogen-bond acceptors (Lipinski definition) is 4. The molecule has 2 aliphatic rings. The van der Waals surface area contributed by atoms with Gasteiger partial charge in [0.15, 0.2) is 0 Å². The summed E-state index contributed by atoms with van der Waals surface area (Å²) in [4.78, 5) is 11.8. The number of aromatic hydroxyl groups is 1. The molecule has 2 bridgehead atoms. The van der Waals surface area contributed by atoms with Gasteiger partial charge in [-0.3, -0.25) is 0 Å². The van der Waals surface area contributed by atoms with Gasteiger partial charge in [-0.05, 0) is 75.1 Å². The van der Waals surface area contributed by atoms with E-state index < -0.39 is 5.60 Å². The Labute approximate surface area is 162 Å². The Morgan fingerprint density at radius 3 is 2.78 bits per heavy atom. The number of rotatable bonds is 4. The van der Waals surface area contributed by atoms with Crippen molar-refractivity contribution in [3.63, 3.8) is 0 Å². The summed E-state index contributed by atoms with van der Waals surface area (Å²) >= 11 is 0. The Hall–Kier alpha value is -1.75. The van der Waals surface area contributed by atoms with Gasteiger partial charge in [-0.15, -0.1) is 0 Å². The SMILES string of the molecule is CC1CCC2(C)c3cc(O)ccc3CC1C2NCCNC(=O)OC(C)(C)C. The maximum atomic E-state index is 11.8. The average Bonchev–Trinajstić information content (AvgIpc) is 2.56. The summed E-state index contributed by atoms with van der Waals surface area (Å²) in [6, 6.07) is 6.20. The number of phenolic OH excluding ortho intramolecular Hbond substituents is 1. The highest BCUT2D eigenvalue weighted by Crippen LogP contribution is 2.51. The van der Waals surface area contributed by atoms with E-state index >= 15 is 0 Å². The highest BCUT2D eigenvalue weighted by Gasteiger charge is 2.49. The van der Waals surface area contributed by atoms with Crippen LogP contribution in [0.5, 0.6) is 5.75 Å². The molecule has 0 radical (unpaired) electrons. The molecule has 150 valence electrons. The number of amides is 1. The van der Waals surface area contributed by atoms with Crippen molar-refractivity contribution < 1.29 is 14.6 Å². The summed E-state index contributed by atoms with van der Waals surface area (Å²) < 4.78 is 5.30. The van der Waals surface area contributed by atoms with Gasteiger partial charge in [0.05, 0.1) is 0 Å². The van der Waals surface area contributed by atoms with Crippen molar-refractivity contribution in [1.29, 1.82) is 0 Å². The Bertz CT molecular complexity index is 697. The Balaban J connectivity index is 1.67. The largest absolute Gasteiger partial charge is 0.508 e. The van der Waals surface area contributed by atoms with Crippen LogP contribution in [0.4, 0.5) is 4.79 Å². The number of alkyl carbamates (subject to hydrolysis) is 1. The van der Waals surface area contributed by atoms with Crippen LogP contribution < -0.4 is 10.6 Å². The first-order chi connectivity index (χ1) is 12.6. The van der Waals surface area contributed by atoms with E-state index in [-0.39, 0.29) is 11.5 Å². The predicted octanol–water partition coefficient (Wildman–Crippen LogP) is 3.74. The molecule has 1 amide bonds. The Morgan fingerprint density at radius 2 is 2.07 bits per heavy atom. The number of carbonyl (C=O) groups excluding carboxylic acids is 1. The zero-order valence-corrected chi connectivity index (χ0v) is 17.3. The highest BCUT2D eigenvalue weighted by molar-refractivity contribution is 5.67. The summed E-state index contributed by atoms with van der Waals surface area (Å²) in [5.41, 5.74) is 2.18. The molecule has 5 heteroatoms. The molecule has 3 N–H and O–H groups in total. The molecule has 1 saturated carbocycles. The van der Waals surface area contributed by atoms with Crippen LogP contribution in [0, 0.1) is 11.8 Å². The van der Waals surface area contributed by atoms with Crippen LogP contribution in [0.2, 0.25) is 0 Å². The highest BCUT2D eigenvalue weighted by atomic mass is 16.6. The van der Waals surface area contributed by atoms with E-state index in [0.717, 1.165) is 12.8 Å². The number of nitrogens with one attached hydrogen (secondary N) is 2. The third kappa shape index (κ3) is 4.23. The molecule has 27 heavy (non-hydrogen) atoms. The second kappa shape index (κ2) is 7.34. The van der Waals surface area contributed by atoms with Gasteiger partial charge in [-0.25, -0.2) is 4.79 Å². The third-order valence-electron chi connectivity index (χ3n) is 6.29. The second-order valence-corrected chi connectivity index (χ2v) is 9.50.